The number of methoxy groups -OCH3 is 3. The van der Waals surface area contributed by atoms with Crippen LogP contribution in [-0.4, -0.2) is 32.3 Å². The van der Waals surface area contributed by atoms with Crippen LogP contribution >= 0.6 is 0 Å². The molecule has 5 nitrogen and oxygen atoms in total. The number of alkyl halides is 2. The third-order valence-corrected chi connectivity index (χ3v) is 2.04. The number of rotatable bonds is 4. The molecule has 1 aromatic heterocycles. The number of carbonyl (C=O) groups excluding carboxylic acids is 1. The molecule has 0 N–H and O–H groups in total. The highest BCUT2D eigenvalue weighted by Crippen LogP contribution is 2.38. The van der Waals surface area contributed by atoms with E-state index in [-0.39, 0.29) is 17.2 Å². The number of ether oxygens (including phenoxy) is 3. The molecule has 1 aromatic rings. The Morgan fingerprint density at radius 2 is 1.82 bits per heavy atom. The molecule has 0 aromatic carbocycles. The first-order valence-electron chi connectivity index (χ1n) is 4.54. The van der Waals surface area contributed by atoms with Crippen LogP contribution in [0, 0.1) is 0 Å². The summed E-state index contributed by atoms with van der Waals surface area (Å²) in [6.45, 7) is 0. The second-order valence-electron chi connectivity index (χ2n) is 2.92. The molecule has 0 spiro atoms. The Kier molecular flexibility index (Phi) is 4.19. The van der Waals surface area contributed by atoms with Gasteiger partial charge in [-0.05, 0) is 0 Å². The molecule has 0 aliphatic carbocycles. The average molecular weight is 247 g/mol. The molecule has 0 amide bonds. The molecule has 0 atom stereocenters. The van der Waals surface area contributed by atoms with Crippen molar-refractivity contribution in [1.29, 1.82) is 0 Å². The normalized spacial score (nSPS) is 10.2. The molecule has 0 saturated heterocycles. The maximum atomic E-state index is 12.7. The van der Waals surface area contributed by atoms with E-state index in [0.717, 1.165) is 13.3 Å². The Bertz CT molecular complexity index is 423. The summed E-state index contributed by atoms with van der Waals surface area (Å²) in [5.41, 5.74) is -0.659. The highest BCUT2D eigenvalue weighted by Gasteiger charge is 2.25. The third kappa shape index (κ3) is 2.43. The maximum Gasteiger partial charge on any atom is 0.360 e. The van der Waals surface area contributed by atoms with E-state index in [4.69, 9.17) is 9.47 Å². The van der Waals surface area contributed by atoms with Crippen LogP contribution < -0.4 is 9.47 Å². The van der Waals surface area contributed by atoms with Crippen LogP contribution in [0.25, 0.3) is 0 Å². The Balaban J connectivity index is 3.42. The van der Waals surface area contributed by atoms with Gasteiger partial charge in [-0.1, -0.05) is 0 Å². The first-order chi connectivity index (χ1) is 8.06. The number of pyridine rings is 1. The summed E-state index contributed by atoms with van der Waals surface area (Å²) in [5, 5.41) is 0. The SMILES string of the molecule is COC(=O)c1ncc(C(F)F)c(OC)c1OC. The van der Waals surface area contributed by atoms with E-state index in [9.17, 15) is 13.6 Å². The van der Waals surface area contributed by atoms with Crippen molar-refractivity contribution in [3.05, 3.63) is 17.5 Å². The van der Waals surface area contributed by atoms with Gasteiger partial charge in [0.2, 0.25) is 0 Å². The van der Waals surface area contributed by atoms with Crippen LogP contribution in [0.5, 0.6) is 11.5 Å². The van der Waals surface area contributed by atoms with Gasteiger partial charge in [-0.15, -0.1) is 0 Å². The molecular formula is C10H11F2NO4. The summed E-state index contributed by atoms with van der Waals surface area (Å²) < 4.78 is 39.4. The molecular weight excluding hydrogens is 236 g/mol. The van der Waals surface area contributed by atoms with Gasteiger partial charge in [0.15, 0.2) is 17.2 Å². The third-order valence-electron chi connectivity index (χ3n) is 2.04. The highest BCUT2D eigenvalue weighted by atomic mass is 19.3. The van der Waals surface area contributed by atoms with Gasteiger partial charge in [-0.25, -0.2) is 18.6 Å². The van der Waals surface area contributed by atoms with Crippen molar-refractivity contribution < 1.29 is 27.8 Å². The number of hydrogen-bond donors (Lipinski definition) is 0. The lowest BCUT2D eigenvalue weighted by Crippen LogP contribution is -2.09. The molecule has 7 heteroatoms. The minimum Gasteiger partial charge on any atom is -0.492 e. The lowest BCUT2D eigenvalue weighted by molar-refractivity contribution is 0.0588. The topological polar surface area (TPSA) is 57.7 Å². The molecule has 1 heterocycles. The summed E-state index contributed by atoms with van der Waals surface area (Å²) in [6.07, 6.45) is -1.92. The zero-order valence-corrected chi connectivity index (χ0v) is 9.49. The standard InChI is InChI=1S/C10H11F2NO4/c1-15-7-5(9(11)12)4-13-6(8(7)16-2)10(14)17-3/h4,9H,1-3H3. The molecule has 17 heavy (non-hydrogen) atoms. The smallest absolute Gasteiger partial charge is 0.360 e. The van der Waals surface area contributed by atoms with Crippen molar-refractivity contribution in [2.75, 3.05) is 21.3 Å². The second-order valence-corrected chi connectivity index (χ2v) is 2.92. The van der Waals surface area contributed by atoms with Gasteiger partial charge in [0, 0.05) is 6.20 Å². The van der Waals surface area contributed by atoms with E-state index in [0.29, 0.717) is 0 Å². The molecule has 0 unspecified atom stereocenters. The van der Waals surface area contributed by atoms with Crippen molar-refractivity contribution in [3.63, 3.8) is 0 Å². The predicted molar refractivity (Wildman–Crippen MR) is 53.6 cm³/mol. The molecule has 0 bridgehead atoms. The summed E-state index contributed by atoms with van der Waals surface area (Å²) in [6, 6.07) is 0. The van der Waals surface area contributed by atoms with Gasteiger partial charge in [-0.2, -0.15) is 0 Å². The quantitative estimate of drug-likeness (QED) is 0.759. The van der Waals surface area contributed by atoms with Crippen molar-refractivity contribution in [3.8, 4) is 11.5 Å². The number of carbonyl (C=O) groups is 1. The molecule has 0 saturated carbocycles. The van der Waals surface area contributed by atoms with Gasteiger partial charge in [0.05, 0.1) is 26.9 Å². The lowest BCUT2D eigenvalue weighted by Gasteiger charge is -2.13. The van der Waals surface area contributed by atoms with Crippen molar-refractivity contribution in [1.82, 2.24) is 4.98 Å². The van der Waals surface area contributed by atoms with Crippen LogP contribution in [0.15, 0.2) is 6.20 Å². The van der Waals surface area contributed by atoms with Gasteiger partial charge in [-0.3, -0.25) is 0 Å². The first-order valence-corrected chi connectivity index (χ1v) is 4.54. The molecule has 0 radical (unpaired) electrons. The molecule has 0 aliphatic heterocycles. The predicted octanol–water partition coefficient (Wildman–Crippen LogP) is 1.82. The Morgan fingerprint density at radius 3 is 2.24 bits per heavy atom. The van der Waals surface area contributed by atoms with Crippen LogP contribution in [0.4, 0.5) is 8.78 Å². The Morgan fingerprint density at radius 1 is 1.24 bits per heavy atom. The monoisotopic (exact) mass is 247 g/mol. The van der Waals surface area contributed by atoms with Crippen LogP contribution in [0.3, 0.4) is 0 Å². The van der Waals surface area contributed by atoms with Crippen molar-refractivity contribution in [2.45, 2.75) is 6.43 Å². The minimum absolute atomic E-state index is 0.169. The van der Waals surface area contributed by atoms with Crippen LogP contribution in [0.2, 0.25) is 0 Å². The van der Waals surface area contributed by atoms with E-state index in [1.54, 1.807) is 0 Å². The van der Waals surface area contributed by atoms with E-state index in [2.05, 4.69) is 9.72 Å². The fourth-order valence-electron chi connectivity index (χ4n) is 1.29. The molecule has 0 fully saturated rings. The number of hydrogen-bond acceptors (Lipinski definition) is 5. The summed E-state index contributed by atoms with van der Waals surface area (Å²) in [7, 11) is 3.57. The van der Waals surface area contributed by atoms with Crippen molar-refractivity contribution >= 4 is 5.97 Å². The van der Waals surface area contributed by atoms with E-state index >= 15 is 0 Å². The van der Waals surface area contributed by atoms with Crippen molar-refractivity contribution in [2.24, 2.45) is 0 Å². The number of halogens is 2. The zero-order valence-electron chi connectivity index (χ0n) is 9.49. The first kappa shape index (κ1) is 13.1. The zero-order chi connectivity index (χ0) is 13.0. The Labute approximate surface area is 96.3 Å². The average Bonchev–Trinajstić information content (AvgIpc) is 2.35. The van der Waals surface area contributed by atoms with E-state index in [1.807, 2.05) is 0 Å². The summed E-state index contributed by atoms with van der Waals surface area (Å²) in [5.74, 6) is -1.18. The summed E-state index contributed by atoms with van der Waals surface area (Å²) >= 11 is 0. The number of aromatic nitrogens is 1. The molecule has 0 aliphatic rings. The minimum atomic E-state index is -2.78. The summed E-state index contributed by atoms with van der Waals surface area (Å²) in [4.78, 5) is 14.9. The molecule has 94 valence electrons. The highest BCUT2D eigenvalue weighted by molar-refractivity contribution is 5.91. The number of esters is 1. The molecule has 1 rings (SSSR count). The van der Waals surface area contributed by atoms with Gasteiger partial charge in [0.25, 0.3) is 6.43 Å². The van der Waals surface area contributed by atoms with Gasteiger partial charge < -0.3 is 14.2 Å². The second kappa shape index (κ2) is 5.42. The van der Waals surface area contributed by atoms with Crippen LogP contribution in [-0.2, 0) is 4.74 Å². The van der Waals surface area contributed by atoms with E-state index in [1.165, 1.54) is 14.2 Å². The van der Waals surface area contributed by atoms with E-state index < -0.39 is 18.0 Å². The maximum absolute atomic E-state index is 12.7. The van der Waals surface area contributed by atoms with Gasteiger partial charge in [0.1, 0.15) is 0 Å². The number of nitrogens with zero attached hydrogens (tertiary/aromatic N) is 1. The fraction of sp³-hybridized carbons (Fsp3) is 0.400. The van der Waals surface area contributed by atoms with Crippen LogP contribution in [0.1, 0.15) is 22.5 Å². The van der Waals surface area contributed by atoms with Gasteiger partial charge >= 0.3 is 5.97 Å². The fourth-order valence-corrected chi connectivity index (χ4v) is 1.29. The lowest BCUT2D eigenvalue weighted by atomic mass is 10.2. The largest absolute Gasteiger partial charge is 0.492 e. The Hall–Kier alpha value is -1.92.